The van der Waals surface area contributed by atoms with Crippen molar-refractivity contribution in [3.05, 3.63) is 82.3 Å². The fourth-order valence-corrected chi connectivity index (χ4v) is 2.73. The van der Waals surface area contributed by atoms with Gasteiger partial charge in [-0.3, -0.25) is 0 Å². The number of hydrogen-bond acceptors (Lipinski definition) is 8. The van der Waals surface area contributed by atoms with E-state index in [1.807, 2.05) is 12.1 Å². The van der Waals surface area contributed by atoms with Gasteiger partial charge in [0.1, 0.15) is 13.2 Å². The van der Waals surface area contributed by atoms with Gasteiger partial charge in [0, 0.05) is 11.1 Å². The highest BCUT2D eigenvalue weighted by Gasteiger charge is 2.25. The van der Waals surface area contributed by atoms with Crippen LogP contribution in [0.15, 0.2) is 60.0 Å². The van der Waals surface area contributed by atoms with Crippen molar-refractivity contribution in [1.29, 1.82) is 10.5 Å². The zero-order chi connectivity index (χ0) is 21.7. The third-order valence-electron chi connectivity index (χ3n) is 4.38. The van der Waals surface area contributed by atoms with Gasteiger partial charge in [-0.05, 0) is 35.4 Å². The lowest BCUT2D eigenvalue weighted by atomic mass is 10.0. The van der Waals surface area contributed by atoms with Crippen LogP contribution in [0.5, 0.6) is 0 Å². The highest BCUT2D eigenvalue weighted by Crippen LogP contribution is 2.25. The number of aliphatic hydroxyl groups is 2. The molecule has 8 nitrogen and oxygen atoms in total. The van der Waals surface area contributed by atoms with Gasteiger partial charge < -0.3 is 19.7 Å². The number of esters is 2. The Morgan fingerprint density at radius 2 is 1.00 bits per heavy atom. The van der Waals surface area contributed by atoms with E-state index in [-0.39, 0.29) is 24.7 Å². The fraction of sp³-hybridized carbons (Fsp3) is 0.0909. The molecule has 2 N–H and O–H groups in total. The van der Waals surface area contributed by atoms with E-state index in [9.17, 15) is 19.8 Å². The first-order valence-electron chi connectivity index (χ1n) is 8.64. The van der Waals surface area contributed by atoms with Crippen LogP contribution in [0.1, 0.15) is 22.3 Å². The Bertz CT molecular complexity index is 1050. The molecule has 148 valence electrons. The molecule has 0 saturated heterocycles. The summed E-state index contributed by atoms with van der Waals surface area (Å²) in [5.74, 6) is -2.09. The van der Waals surface area contributed by atoms with Crippen molar-refractivity contribution in [2.45, 2.75) is 0 Å². The summed E-state index contributed by atoms with van der Waals surface area (Å²) in [6, 6.07) is 17.2. The molecule has 2 aliphatic heterocycles. The van der Waals surface area contributed by atoms with Crippen molar-refractivity contribution in [1.82, 2.24) is 0 Å². The number of ether oxygens (including phenoxy) is 2. The molecule has 0 amide bonds. The molecule has 4 rings (SSSR count). The van der Waals surface area contributed by atoms with Gasteiger partial charge in [0.05, 0.1) is 23.3 Å². The van der Waals surface area contributed by atoms with Crippen LogP contribution in [-0.2, 0) is 19.1 Å². The molecule has 0 aromatic heterocycles. The molecule has 0 atom stereocenters. The summed E-state index contributed by atoms with van der Waals surface area (Å²) in [6.45, 7) is 0.160. The Balaban J connectivity index is 0.000000171. The standard InChI is InChI=1S/2C11H7NO3/c2*12-5-7-1-3-8(4-2-7)9-6-15-11(14)10(9)13/h2*1-4,13H,6H2. The number of rotatable bonds is 2. The van der Waals surface area contributed by atoms with E-state index in [0.29, 0.717) is 33.4 Å². The molecular formula is C22H14N2O6. The van der Waals surface area contributed by atoms with E-state index < -0.39 is 11.9 Å². The zero-order valence-corrected chi connectivity index (χ0v) is 15.5. The second-order valence-electron chi connectivity index (χ2n) is 6.18. The van der Waals surface area contributed by atoms with E-state index in [1.165, 1.54) is 0 Å². The fourth-order valence-electron chi connectivity index (χ4n) is 2.73. The van der Waals surface area contributed by atoms with Crippen LogP contribution in [0.2, 0.25) is 0 Å². The molecule has 2 heterocycles. The quantitative estimate of drug-likeness (QED) is 0.731. The average molecular weight is 402 g/mol. The Hall–Kier alpha value is -4.56. The van der Waals surface area contributed by atoms with Gasteiger partial charge in [0.15, 0.2) is 0 Å². The first-order chi connectivity index (χ1) is 14.4. The minimum Gasteiger partial charge on any atom is -0.502 e. The zero-order valence-electron chi connectivity index (χ0n) is 15.5. The molecule has 0 saturated carbocycles. The molecule has 2 aromatic rings. The first kappa shape index (κ1) is 20.2. The lowest BCUT2D eigenvalue weighted by Crippen LogP contribution is -1.97. The number of aliphatic hydroxyl groups excluding tert-OH is 2. The lowest BCUT2D eigenvalue weighted by molar-refractivity contribution is -0.139. The summed E-state index contributed by atoms with van der Waals surface area (Å²) in [5.41, 5.74) is 3.37. The molecule has 0 unspecified atom stereocenters. The molecule has 8 heteroatoms. The highest BCUT2D eigenvalue weighted by molar-refractivity contribution is 6.00. The predicted octanol–water partition coefficient (Wildman–Crippen LogP) is 2.77. The minimum atomic E-state index is -0.700. The van der Waals surface area contributed by atoms with Gasteiger partial charge in [0.2, 0.25) is 11.5 Å². The van der Waals surface area contributed by atoms with Crippen LogP contribution < -0.4 is 0 Å². The van der Waals surface area contributed by atoms with E-state index in [2.05, 4.69) is 9.47 Å². The molecule has 0 radical (unpaired) electrons. The second-order valence-corrected chi connectivity index (χ2v) is 6.18. The molecular weight excluding hydrogens is 388 g/mol. The van der Waals surface area contributed by atoms with Crippen LogP contribution >= 0.6 is 0 Å². The van der Waals surface area contributed by atoms with Gasteiger partial charge in [-0.1, -0.05) is 24.3 Å². The maximum absolute atomic E-state index is 10.9. The molecule has 30 heavy (non-hydrogen) atoms. The number of hydrogen-bond donors (Lipinski definition) is 2. The SMILES string of the molecule is N#Cc1ccc(C2=C(O)C(=O)OC2)cc1.N#Cc1ccc(C2=C(O)C(=O)OC2)cc1. The highest BCUT2D eigenvalue weighted by atomic mass is 16.6. The Morgan fingerprint density at radius 1 is 0.667 bits per heavy atom. The number of nitrogens with zero attached hydrogens (tertiary/aromatic N) is 2. The second kappa shape index (κ2) is 8.63. The average Bonchev–Trinajstić information content (AvgIpc) is 3.30. The molecule has 0 aliphatic carbocycles. The van der Waals surface area contributed by atoms with E-state index in [0.717, 1.165) is 0 Å². The van der Waals surface area contributed by atoms with Crippen LogP contribution in [0.25, 0.3) is 11.1 Å². The number of carbonyl (C=O) groups is 2. The van der Waals surface area contributed by atoms with Crippen molar-refractivity contribution in [2.75, 3.05) is 13.2 Å². The third kappa shape index (κ3) is 4.13. The van der Waals surface area contributed by atoms with Gasteiger partial charge in [-0.15, -0.1) is 0 Å². The summed E-state index contributed by atoms with van der Waals surface area (Å²) in [4.78, 5) is 21.8. The number of carbonyl (C=O) groups excluding carboxylic acids is 2. The molecule has 0 bridgehead atoms. The maximum Gasteiger partial charge on any atom is 0.374 e. The van der Waals surface area contributed by atoms with Crippen LogP contribution in [-0.4, -0.2) is 35.4 Å². The smallest absolute Gasteiger partial charge is 0.374 e. The van der Waals surface area contributed by atoms with E-state index >= 15 is 0 Å². The van der Waals surface area contributed by atoms with Gasteiger partial charge >= 0.3 is 11.9 Å². The monoisotopic (exact) mass is 402 g/mol. The summed E-state index contributed by atoms with van der Waals surface area (Å²) >= 11 is 0. The Morgan fingerprint density at radius 3 is 1.23 bits per heavy atom. The number of cyclic esters (lactones) is 2. The third-order valence-corrected chi connectivity index (χ3v) is 4.38. The maximum atomic E-state index is 10.9. The first-order valence-corrected chi connectivity index (χ1v) is 8.64. The molecule has 2 aliphatic rings. The van der Waals surface area contributed by atoms with Crippen molar-refractivity contribution in [2.24, 2.45) is 0 Å². The predicted molar refractivity (Wildman–Crippen MR) is 103 cm³/mol. The summed E-state index contributed by atoms with van der Waals surface area (Å²) in [6.07, 6.45) is 0. The van der Waals surface area contributed by atoms with Crippen LogP contribution in [0.3, 0.4) is 0 Å². The van der Waals surface area contributed by atoms with Crippen molar-refractivity contribution in [3.63, 3.8) is 0 Å². The molecule has 0 spiro atoms. The number of nitriles is 2. The van der Waals surface area contributed by atoms with Crippen molar-refractivity contribution < 1.29 is 29.3 Å². The van der Waals surface area contributed by atoms with E-state index in [1.54, 1.807) is 48.5 Å². The lowest BCUT2D eigenvalue weighted by Gasteiger charge is -1.99. The normalized spacial score (nSPS) is 15.0. The van der Waals surface area contributed by atoms with Crippen molar-refractivity contribution >= 4 is 23.1 Å². The van der Waals surface area contributed by atoms with Crippen molar-refractivity contribution in [3.8, 4) is 12.1 Å². The van der Waals surface area contributed by atoms with E-state index in [4.69, 9.17) is 10.5 Å². The topological polar surface area (TPSA) is 141 Å². The largest absolute Gasteiger partial charge is 0.502 e. The van der Waals surface area contributed by atoms with Crippen LogP contribution in [0, 0.1) is 22.7 Å². The molecule has 2 aromatic carbocycles. The Labute approximate surface area is 171 Å². The van der Waals surface area contributed by atoms with Crippen LogP contribution in [0.4, 0.5) is 0 Å². The molecule has 0 fully saturated rings. The van der Waals surface area contributed by atoms with Gasteiger partial charge in [-0.2, -0.15) is 10.5 Å². The summed E-state index contributed by atoms with van der Waals surface area (Å²) in [5, 5.41) is 36.0. The van der Waals surface area contributed by atoms with Gasteiger partial charge in [0.25, 0.3) is 0 Å². The minimum absolute atomic E-state index is 0.0799. The summed E-state index contributed by atoms with van der Waals surface area (Å²) in [7, 11) is 0. The van der Waals surface area contributed by atoms with Gasteiger partial charge in [-0.25, -0.2) is 9.59 Å². The summed E-state index contributed by atoms with van der Waals surface area (Å²) < 4.78 is 9.32. The number of benzene rings is 2. The Kier molecular flexibility index (Phi) is 5.81.